The van der Waals surface area contributed by atoms with Crippen molar-refractivity contribution in [3.63, 3.8) is 0 Å². The van der Waals surface area contributed by atoms with Gasteiger partial charge in [0.1, 0.15) is 0 Å². The zero-order valence-electron chi connectivity index (χ0n) is 11.5. The third-order valence-corrected chi connectivity index (χ3v) is 4.41. The van der Waals surface area contributed by atoms with E-state index in [0.717, 1.165) is 31.7 Å². The Morgan fingerprint density at radius 1 is 1.29 bits per heavy atom. The van der Waals surface area contributed by atoms with Crippen molar-refractivity contribution in [2.75, 3.05) is 32.8 Å². The van der Waals surface area contributed by atoms with Crippen molar-refractivity contribution < 1.29 is 4.74 Å². The fourth-order valence-corrected chi connectivity index (χ4v) is 3.35. The Morgan fingerprint density at radius 2 is 2.18 bits per heavy atom. The first kappa shape index (κ1) is 13.3. The highest BCUT2D eigenvalue weighted by Crippen LogP contribution is 2.24. The molecule has 0 aromatic heterocycles. The Kier molecular flexibility index (Phi) is 5.26. The fourth-order valence-electron chi connectivity index (χ4n) is 3.35. The van der Waals surface area contributed by atoms with Gasteiger partial charge in [0.05, 0.1) is 6.61 Å². The van der Waals surface area contributed by atoms with Crippen molar-refractivity contribution in [1.29, 1.82) is 0 Å². The van der Waals surface area contributed by atoms with Crippen molar-refractivity contribution in [3.05, 3.63) is 0 Å². The molecule has 2 saturated heterocycles. The van der Waals surface area contributed by atoms with Crippen LogP contribution in [0.3, 0.4) is 0 Å². The van der Waals surface area contributed by atoms with E-state index in [1.54, 1.807) is 0 Å². The smallest absolute Gasteiger partial charge is 0.0621 e. The van der Waals surface area contributed by atoms with Crippen LogP contribution >= 0.6 is 0 Å². The molecule has 100 valence electrons. The summed E-state index contributed by atoms with van der Waals surface area (Å²) in [6, 6.07) is 1.44. The second kappa shape index (κ2) is 6.72. The van der Waals surface area contributed by atoms with Gasteiger partial charge < -0.3 is 10.1 Å². The predicted octanol–water partition coefficient (Wildman–Crippen LogP) is 1.88. The summed E-state index contributed by atoms with van der Waals surface area (Å²) >= 11 is 0. The first-order valence-electron chi connectivity index (χ1n) is 7.40. The molecule has 0 bridgehead atoms. The van der Waals surface area contributed by atoms with Gasteiger partial charge in [-0.2, -0.15) is 0 Å². The molecule has 0 aromatic rings. The summed E-state index contributed by atoms with van der Waals surface area (Å²) in [6.45, 7) is 10.1. The Balaban J connectivity index is 1.86. The Morgan fingerprint density at radius 3 is 2.82 bits per heavy atom. The minimum atomic E-state index is 0.695. The number of likely N-dealkylation sites (tertiary alicyclic amines) is 1. The molecule has 2 heterocycles. The van der Waals surface area contributed by atoms with Crippen molar-refractivity contribution in [1.82, 2.24) is 10.2 Å². The first-order valence-corrected chi connectivity index (χ1v) is 7.40. The molecule has 2 rings (SSSR count). The maximum absolute atomic E-state index is 5.62. The molecular weight excluding hydrogens is 212 g/mol. The van der Waals surface area contributed by atoms with Gasteiger partial charge in [0.2, 0.25) is 0 Å². The molecule has 0 aliphatic carbocycles. The standard InChI is InChI=1S/C14H28N2O/c1-3-12-10-16(8-7-14(12)15-4-2)13-6-5-9-17-11-13/h12-15H,3-11H2,1-2H3. The molecule has 0 amide bonds. The van der Waals surface area contributed by atoms with Gasteiger partial charge in [-0.25, -0.2) is 0 Å². The maximum Gasteiger partial charge on any atom is 0.0621 e. The molecule has 3 atom stereocenters. The van der Waals surface area contributed by atoms with Gasteiger partial charge in [0.25, 0.3) is 0 Å². The van der Waals surface area contributed by atoms with Gasteiger partial charge in [-0.1, -0.05) is 20.3 Å². The van der Waals surface area contributed by atoms with E-state index in [2.05, 4.69) is 24.1 Å². The quantitative estimate of drug-likeness (QED) is 0.812. The molecule has 0 radical (unpaired) electrons. The van der Waals surface area contributed by atoms with Gasteiger partial charge in [-0.15, -0.1) is 0 Å². The van der Waals surface area contributed by atoms with Crippen LogP contribution < -0.4 is 5.32 Å². The van der Waals surface area contributed by atoms with Crippen LogP contribution in [-0.2, 0) is 4.74 Å². The zero-order valence-corrected chi connectivity index (χ0v) is 11.5. The highest BCUT2D eigenvalue weighted by atomic mass is 16.5. The topological polar surface area (TPSA) is 24.5 Å². The second-order valence-corrected chi connectivity index (χ2v) is 5.49. The summed E-state index contributed by atoms with van der Waals surface area (Å²) < 4.78 is 5.62. The van der Waals surface area contributed by atoms with Crippen LogP contribution in [0.15, 0.2) is 0 Å². The predicted molar refractivity (Wildman–Crippen MR) is 71.3 cm³/mol. The largest absolute Gasteiger partial charge is 0.380 e. The molecular formula is C14H28N2O. The van der Waals surface area contributed by atoms with Crippen LogP contribution in [0.5, 0.6) is 0 Å². The molecule has 0 saturated carbocycles. The van der Waals surface area contributed by atoms with Crippen LogP contribution in [0.2, 0.25) is 0 Å². The van der Waals surface area contributed by atoms with E-state index >= 15 is 0 Å². The average Bonchev–Trinajstić information content (AvgIpc) is 2.40. The van der Waals surface area contributed by atoms with Crippen LogP contribution in [0.25, 0.3) is 0 Å². The monoisotopic (exact) mass is 240 g/mol. The average molecular weight is 240 g/mol. The molecule has 2 aliphatic rings. The molecule has 0 spiro atoms. The maximum atomic E-state index is 5.62. The number of nitrogens with one attached hydrogen (secondary N) is 1. The Hall–Kier alpha value is -0.120. The molecule has 3 unspecified atom stereocenters. The summed E-state index contributed by atoms with van der Waals surface area (Å²) in [5.74, 6) is 0.825. The van der Waals surface area contributed by atoms with Gasteiger partial charge >= 0.3 is 0 Å². The third kappa shape index (κ3) is 3.43. The third-order valence-electron chi connectivity index (χ3n) is 4.41. The van der Waals surface area contributed by atoms with E-state index in [-0.39, 0.29) is 0 Å². The number of piperidine rings is 1. The van der Waals surface area contributed by atoms with Crippen molar-refractivity contribution in [2.45, 2.75) is 51.6 Å². The lowest BCUT2D eigenvalue weighted by atomic mass is 9.88. The van der Waals surface area contributed by atoms with Crippen LogP contribution in [0.1, 0.15) is 39.5 Å². The van der Waals surface area contributed by atoms with Gasteiger partial charge in [0, 0.05) is 31.8 Å². The fraction of sp³-hybridized carbons (Fsp3) is 1.00. The molecule has 1 N–H and O–H groups in total. The number of hydrogen-bond donors (Lipinski definition) is 1. The number of nitrogens with zero attached hydrogens (tertiary/aromatic N) is 1. The van der Waals surface area contributed by atoms with Gasteiger partial charge in [-0.05, 0) is 31.7 Å². The van der Waals surface area contributed by atoms with Crippen molar-refractivity contribution in [2.24, 2.45) is 5.92 Å². The molecule has 3 nitrogen and oxygen atoms in total. The summed E-state index contributed by atoms with van der Waals surface area (Å²) in [4.78, 5) is 2.68. The summed E-state index contributed by atoms with van der Waals surface area (Å²) in [6.07, 6.45) is 5.18. The molecule has 2 aliphatic heterocycles. The molecule has 17 heavy (non-hydrogen) atoms. The number of ether oxygens (including phenoxy) is 1. The SMILES string of the molecule is CCNC1CCN(C2CCCOC2)CC1CC. The molecule has 2 fully saturated rings. The minimum absolute atomic E-state index is 0.695. The number of rotatable bonds is 4. The van der Waals surface area contributed by atoms with Crippen LogP contribution in [0, 0.1) is 5.92 Å². The Labute approximate surface area is 106 Å². The molecule has 0 aromatic carbocycles. The summed E-state index contributed by atoms with van der Waals surface area (Å²) in [5, 5.41) is 3.65. The van der Waals surface area contributed by atoms with E-state index in [0.29, 0.717) is 6.04 Å². The van der Waals surface area contributed by atoms with Gasteiger partial charge in [0.15, 0.2) is 0 Å². The normalized spacial score (nSPS) is 36.0. The van der Waals surface area contributed by atoms with E-state index in [4.69, 9.17) is 4.74 Å². The lowest BCUT2D eigenvalue weighted by Crippen LogP contribution is -2.53. The highest BCUT2D eigenvalue weighted by molar-refractivity contribution is 4.87. The highest BCUT2D eigenvalue weighted by Gasteiger charge is 2.31. The first-order chi connectivity index (χ1) is 8.35. The van der Waals surface area contributed by atoms with E-state index in [9.17, 15) is 0 Å². The lowest BCUT2D eigenvalue weighted by molar-refractivity contribution is -0.00461. The van der Waals surface area contributed by atoms with Crippen molar-refractivity contribution >= 4 is 0 Å². The van der Waals surface area contributed by atoms with Crippen molar-refractivity contribution in [3.8, 4) is 0 Å². The Bertz CT molecular complexity index is 216. The van der Waals surface area contributed by atoms with E-state index < -0.39 is 0 Å². The van der Waals surface area contributed by atoms with E-state index in [1.165, 1.54) is 38.8 Å². The van der Waals surface area contributed by atoms with Crippen LogP contribution in [0.4, 0.5) is 0 Å². The van der Waals surface area contributed by atoms with Gasteiger partial charge in [-0.3, -0.25) is 4.90 Å². The van der Waals surface area contributed by atoms with E-state index in [1.807, 2.05) is 0 Å². The zero-order chi connectivity index (χ0) is 12.1. The molecule has 3 heteroatoms. The lowest BCUT2D eigenvalue weighted by Gasteiger charge is -2.43. The van der Waals surface area contributed by atoms with Crippen LogP contribution in [-0.4, -0.2) is 49.8 Å². The minimum Gasteiger partial charge on any atom is -0.380 e. The summed E-state index contributed by atoms with van der Waals surface area (Å²) in [7, 11) is 0. The number of hydrogen-bond acceptors (Lipinski definition) is 3. The summed E-state index contributed by atoms with van der Waals surface area (Å²) in [5.41, 5.74) is 0. The second-order valence-electron chi connectivity index (χ2n) is 5.49.